The topological polar surface area (TPSA) is 69.4 Å². The molecule has 0 aliphatic carbocycles. The summed E-state index contributed by atoms with van der Waals surface area (Å²) in [6, 6.07) is 1.87. The summed E-state index contributed by atoms with van der Waals surface area (Å²) in [6.07, 6.45) is 5.60. The van der Waals surface area contributed by atoms with E-state index in [2.05, 4.69) is 17.3 Å². The number of hydrogen-bond donors (Lipinski definition) is 2. The lowest BCUT2D eigenvalue weighted by atomic mass is 10.00. The highest BCUT2D eigenvalue weighted by Crippen LogP contribution is 2.24. The Labute approximate surface area is 115 Å². The number of ether oxygens (including phenoxy) is 2. The lowest BCUT2D eigenvalue weighted by Gasteiger charge is -2.25. The molecule has 1 aromatic rings. The quantitative estimate of drug-likeness (QED) is 0.558. The average Bonchev–Trinajstić information content (AvgIpc) is 2.38. The molecule has 0 radical (unpaired) electrons. The van der Waals surface area contributed by atoms with Crippen LogP contribution in [0.4, 0.5) is 0 Å². The summed E-state index contributed by atoms with van der Waals surface area (Å²) in [5, 5.41) is 0. The van der Waals surface area contributed by atoms with E-state index in [-0.39, 0.29) is 18.2 Å². The van der Waals surface area contributed by atoms with E-state index in [9.17, 15) is 0 Å². The van der Waals surface area contributed by atoms with Crippen molar-refractivity contribution in [3.8, 4) is 5.75 Å². The van der Waals surface area contributed by atoms with Gasteiger partial charge in [-0.15, -0.1) is 0 Å². The van der Waals surface area contributed by atoms with Crippen molar-refractivity contribution in [1.82, 2.24) is 10.4 Å². The molecule has 0 bridgehead atoms. The predicted octanol–water partition coefficient (Wildman–Crippen LogP) is 2.19. The minimum absolute atomic E-state index is 0.0195. The van der Waals surface area contributed by atoms with E-state index in [1.807, 2.05) is 19.9 Å². The average molecular weight is 267 g/mol. The van der Waals surface area contributed by atoms with Gasteiger partial charge in [-0.1, -0.05) is 13.3 Å². The van der Waals surface area contributed by atoms with Crippen molar-refractivity contribution in [2.75, 3.05) is 7.11 Å². The molecule has 2 atom stereocenters. The Morgan fingerprint density at radius 3 is 2.63 bits per heavy atom. The van der Waals surface area contributed by atoms with Gasteiger partial charge in [-0.25, -0.2) is 0 Å². The molecule has 0 saturated carbocycles. The van der Waals surface area contributed by atoms with Crippen LogP contribution in [0, 0.1) is 0 Å². The Morgan fingerprint density at radius 1 is 1.37 bits per heavy atom. The Morgan fingerprint density at radius 2 is 2.11 bits per heavy atom. The van der Waals surface area contributed by atoms with Crippen LogP contribution in [-0.4, -0.2) is 24.3 Å². The van der Waals surface area contributed by atoms with E-state index >= 15 is 0 Å². The Bertz CT molecular complexity index is 371. The summed E-state index contributed by atoms with van der Waals surface area (Å²) in [7, 11) is 1.70. The first-order chi connectivity index (χ1) is 9.12. The van der Waals surface area contributed by atoms with Gasteiger partial charge in [-0.05, 0) is 31.9 Å². The van der Waals surface area contributed by atoms with Crippen LogP contribution in [0.2, 0.25) is 0 Å². The molecule has 0 aliphatic heterocycles. The largest absolute Gasteiger partial charge is 0.489 e. The molecule has 108 valence electrons. The molecule has 0 fully saturated rings. The fraction of sp³-hybridized carbons (Fsp3) is 0.643. The maximum absolute atomic E-state index is 5.66. The first kappa shape index (κ1) is 15.9. The molecular weight excluding hydrogens is 242 g/mol. The summed E-state index contributed by atoms with van der Waals surface area (Å²) in [4.78, 5) is 4.21. The molecule has 19 heavy (non-hydrogen) atoms. The van der Waals surface area contributed by atoms with E-state index in [0.29, 0.717) is 0 Å². The van der Waals surface area contributed by atoms with Crippen LogP contribution < -0.4 is 16.0 Å². The fourth-order valence-electron chi connectivity index (χ4n) is 2.07. The van der Waals surface area contributed by atoms with Gasteiger partial charge in [0.15, 0.2) is 0 Å². The second kappa shape index (κ2) is 8.09. The van der Waals surface area contributed by atoms with Crippen molar-refractivity contribution >= 4 is 0 Å². The molecule has 0 aromatic carbocycles. The smallest absolute Gasteiger partial charge is 0.138 e. The van der Waals surface area contributed by atoms with Gasteiger partial charge in [0, 0.05) is 13.3 Å². The summed E-state index contributed by atoms with van der Waals surface area (Å²) in [5.41, 5.74) is 3.79. The molecule has 1 aromatic heterocycles. The Hall–Kier alpha value is -1.17. The third-order valence-corrected chi connectivity index (χ3v) is 2.89. The molecule has 1 rings (SSSR count). The zero-order valence-electron chi connectivity index (χ0n) is 12.2. The van der Waals surface area contributed by atoms with Crippen LogP contribution in [0.3, 0.4) is 0 Å². The van der Waals surface area contributed by atoms with Crippen molar-refractivity contribution in [3.05, 3.63) is 24.0 Å². The molecule has 2 unspecified atom stereocenters. The second-order valence-corrected chi connectivity index (χ2v) is 4.83. The van der Waals surface area contributed by atoms with E-state index in [4.69, 9.17) is 15.3 Å². The lowest BCUT2D eigenvalue weighted by molar-refractivity contribution is 0.0604. The predicted molar refractivity (Wildman–Crippen MR) is 75.8 cm³/mol. The Balaban J connectivity index is 2.90. The highest BCUT2D eigenvalue weighted by atomic mass is 16.5. The third kappa shape index (κ3) is 4.78. The maximum Gasteiger partial charge on any atom is 0.138 e. The van der Waals surface area contributed by atoms with E-state index < -0.39 is 0 Å². The van der Waals surface area contributed by atoms with Crippen molar-refractivity contribution in [1.29, 1.82) is 0 Å². The van der Waals surface area contributed by atoms with E-state index in [1.165, 1.54) is 0 Å². The van der Waals surface area contributed by atoms with Crippen LogP contribution in [0.15, 0.2) is 18.5 Å². The van der Waals surface area contributed by atoms with E-state index in [1.54, 1.807) is 19.5 Å². The van der Waals surface area contributed by atoms with Gasteiger partial charge in [0.05, 0.1) is 24.4 Å². The molecule has 1 heterocycles. The van der Waals surface area contributed by atoms with E-state index in [0.717, 1.165) is 24.2 Å². The number of hydrogen-bond acceptors (Lipinski definition) is 5. The number of pyridine rings is 1. The van der Waals surface area contributed by atoms with Gasteiger partial charge in [0.25, 0.3) is 0 Å². The molecule has 0 spiro atoms. The number of aromatic nitrogens is 1. The summed E-state index contributed by atoms with van der Waals surface area (Å²) >= 11 is 0. The van der Waals surface area contributed by atoms with Gasteiger partial charge in [-0.3, -0.25) is 16.3 Å². The first-order valence-electron chi connectivity index (χ1n) is 6.72. The van der Waals surface area contributed by atoms with Gasteiger partial charge >= 0.3 is 0 Å². The molecule has 0 saturated heterocycles. The number of nitrogens with one attached hydrogen (secondary N) is 1. The zero-order valence-corrected chi connectivity index (χ0v) is 12.2. The minimum atomic E-state index is -0.0897. The van der Waals surface area contributed by atoms with Crippen LogP contribution in [-0.2, 0) is 4.74 Å². The summed E-state index contributed by atoms with van der Waals surface area (Å²) < 4.78 is 11.2. The number of hydrazine groups is 1. The SMILES string of the molecule is CCCC(OC)C(NN)c1cncc(OC(C)C)c1. The molecule has 0 amide bonds. The molecule has 5 nitrogen and oxygen atoms in total. The van der Waals surface area contributed by atoms with Crippen LogP contribution in [0.5, 0.6) is 5.75 Å². The molecule has 5 heteroatoms. The van der Waals surface area contributed by atoms with Crippen molar-refractivity contribution in [2.45, 2.75) is 51.9 Å². The van der Waals surface area contributed by atoms with Crippen LogP contribution >= 0.6 is 0 Å². The fourth-order valence-corrected chi connectivity index (χ4v) is 2.07. The second-order valence-electron chi connectivity index (χ2n) is 4.83. The highest BCUT2D eigenvalue weighted by Gasteiger charge is 2.22. The van der Waals surface area contributed by atoms with Crippen molar-refractivity contribution in [2.24, 2.45) is 5.84 Å². The monoisotopic (exact) mass is 267 g/mol. The van der Waals surface area contributed by atoms with Gasteiger partial charge in [0.1, 0.15) is 5.75 Å². The lowest BCUT2D eigenvalue weighted by Crippen LogP contribution is -2.37. The number of nitrogens with zero attached hydrogens (tertiary/aromatic N) is 1. The standard InChI is InChI=1S/C14H25N3O2/c1-5-6-13(18-4)14(17-15)11-7-12(9-16-8-11)19-10(2)3/h7-10,13-14,17H,5-6,15H2,1-4H3. The van der Waals surface area contributed by atoms with Gasteiger partial charge in [0.2, 0.25) is 0 Å². The molecular formula is C14H25N3O2. The summed E-state index contributed by atoms with van der Waals surface area (Å²) in [5.74, 6) is 6.41. The minimum Gasteiger partial charge on any atom is -0.489 e. The van der Waals surface area contributed by atoms with Gasteiger partial charge in [-0.2, -0.15) is 0 Å². The van der Waals surface area contributed by atoms with Gasteiger partial charge < -0.3 is 9.47 Å². The molecule has 0 aliphatic rings. The highest BCUT2D eigenvalue weighted by molar-refractivity contribution is 5.27. The third-order valence-electron chi connectivity index (χ3n) is 2.89. The van der Waals surface area contributed by atoms with Crippen molar-refractivity contribution < 1.29 is 9.47 Å². The van der Waals surface area contributed by atoms with Crippen molar-refractivity contribution in [3.63, 3.8) is 0 Å². The Kier molecular flexibility index (Phi) is 6.77. The molecule has 3 N–H and O–H groups in total. The van der Waals surface area contributed by atoms with Crippen LogP contribution in [0.25, 0.3) is 0 Å². The normalized spacial score (nSPS) is 14.4. The van der Waals surface area contributed by atoms with Crippen LogP contribution in [0.1, 0.15) is 45.2 Å². The number of nitrogens with two attached hydrogens (primary N) is 1. The zero-order chi connectivity index (χ0) is 14.3. The summed E-state index contributed by atoms with van der Waals surface area (Å²) in [6.45, 7) is 6.09. The number of methoxy groups -OCH3 is 1. The maximum atomic E-state index is 5.66. The number of rotatable bonds is 8. The first-order valence-corrected chi connectivity index (χ1v) is 6.72.